The second kappa shape index (κ2) is 19.9. The number of nitrogens with zero attached hydrogens (tertiary/aromatic N) is 3. The van der Waals surface area contributed by atoms with Crippen LogP contribution in [0.25, 0.3) is 10.4 Å². The summed E-state index contributed by atoms with van der Waals surface area (Å²) >= 11 is 0. The standard InChI is InChI=1S/C49H81N3O10Si/c1-10-63(11-2,12-3)61-42-35(6)28-48-29-39-16-14-20-47(57-39)23-24-49(62-47)45(8,54)21-19-38(58-49)25-33(4)15-13-17-41(53)46(27-34(5)36(7)30-51-52-50)22-18-37(31-56-32-55-9)26-40(46)43(59-48)44(42)60-48/h26,34-36,38-40,42-44,54H,4,10-25,27-32H2,1-3,5-9H3/t34-,35+,36-,38-,39+,40+,42+,43-,44+,45+,46+,47+,48+,49+/m0/s1. The first-order valence-corrected chi connectivity index (χ1v) is 27.4. The number of carbonyl (C=O) groups is 1. The molecule has 6 fully saturated rings. The highest BCUT2D eigenvalue weighted by atomic mass is 28.4. The Morgan fingerprint density at radius 1 is 0.937 bits per heavy atom. The van der Waals surface area contributed by atoms with Gasteiger partial charge in [0.2, 0.25) is 5.79 Å². The Labute approximate surface area is 378 Å². The van der Waals surface area contributed by atoms with Crippen molar-refractivity contribution >= 4 is 14.1 Å². The Morgan fingerprint density at radius 2 is 1.70 bits per heavy atom. The quantitative estimate of drug-likeness (QED) is 0.0338. The lowest BCUT2D eigenvalue weighted by atomic mass is 9.57. The van der Waals surface area contributed by atoms with Crippen molar-refractivity contribution in [1.82, 2.24) is 0 Å². The number of Topliss-reactive ketones (excluding diaryl/α,β-unsaturated/α-hetero) is 1. The molecular weight excluding hydrogens is 819 g/mol. The van der Waals surface area contributed by atoms with Gasteiger partial charge in [-0.1, -0.05) is 64.9 Å². The summed E-state index contributed by atoms with van der Waals surface area (Å²) in [5, 5.41) is 15.9. The zero-order valence-corrected chi connectivity index (χ0v) is 41.0. The number of rotatable bonds is 14. The number of methoxy groups -OCH3 is 1. The monoisotopic (exact) mass is 900 g/mol. The lowest BCUT2D eigenvalue weighted by molar-refractivity contribution is -0.403. The third kappa shape index (κ3) is 9.99. The van der Waals surface area contributed by atoms with Gasteiger partial charge in [0.15, 0.2) is 19.9 Å². The fourth-order valence-electron chi connectivity index (χ4n) is 12.9. The molecule has 7 rings (SSSR count). The van der Waals surface area contributed by atoms with Gasteiger partial charge in [0.1, 0.15) is 24.3 Å². The highest BCUT2D eigenvalue weighted by molar-refractivity contribution is 6.73. The van der Waals surface area contributed by atoms with E-state index in [1.54, 1.807) is 7.11 Å². The van der Waals surface area contributed by atoms with E-state index in [1.807, 2.05) is 6.92 Å². The van der Waals surface area contributed by atoms with Crippen LogP contribution in [0.5, 0.6) is 0 Å². The number of azide groups is 1. The molecule has 3 spiro atoms. The smallest absolute Gasteiger partial charge is 0.200 e. The van der Waals surface area contributed by atoms with E-state index in [0.29, 0.717) is 90.2 Å². The van der Waals surface area contributed by atoms with Gasteiger partial charge < -0.3 is 42.7 Å². The van der Waals surface area contributed by atoms with Gasteiger partial charge >= 0.3 is 0 Å². The van der Waals surface area contributed by atoms with Gasteiger partial charge in [-0.25, -0.2) is 0 Å². The Balaban J connectivity index is 1.34. The van der Waals surface area contributed by atoms with Crippen LogP contribution < -0.4 is 0 Å². The zero-order valence-electron chi connectivity index (χ0n) is 40.0. The largest absolute Gasteiger partial charge is 0.411 e. The molecule has 0 amide bonds. The van der Waals surface area contributed by atoms with Crippen molar-refractivity contribution in [2.45, 2.75) is 223 Å². The van der Waals surface area contributed by atoms with Crippen molar-refractivity contribution in [2.75, 3.05) is 27.1 Å². The molecule has 14 heteroatoms. The maximum atomic E-state index is 15.6. The molecule has 0 aromatic carbocycles. The van der Waals surface area contributed by atoms with Crippen LogP contribution in [0.4, 0.5) is 0 Å². The molecule has 6 saturated heterocycles. The fourth-order valence-corrected chi connectivity index (χ4v) is 15.8. The fraction of sp³-hybridized carbons (Fsp3) is 0.898. The third-order valence-corrected chi connectivity index (χ3v) is 21.7. The molecular formula is C49H81N3O10Si. The van der Waals surface area contributed by atoms with Gasteiger partial charge in [0, 0.05) is 68.4 Å². The van der Waals surface area contributed by atoms with E-state index in [0.717, 1.165) is 55.0 Å². The molecule has 63 heavy (non-hydrogen) atoms. The first-order chi connectivity index (χ1) is 30.0. The first kappa shape index (κ1) is 49.2. The van der Waals surface area contributed by atoms with E-state index in [-0.39, 0.29) is 54.6 Å². The Bertz CT molecular complexity index is 1700. The Kier molecular flexibility index (Phi) is 15.5. The van der Waals surface area contributed by atoms with Gasteiger partial charge in [0.25, 0.3) is 0 Å². The molecule has 6 heterocycles. The maximum Gasteiger partial charge on any atom is 0.200 e. The Hall–Kier alpha value is -1.68. The molecule has 14 atom stereocenters. The Morgan fingerprint density at radius 3 is 2.43 bits per heavy atom. The summed E-state index contributed by atoms with van der Waals surface area (Å²) in [5.74, 6) is -2.82. The molecule has 1 aliphatic carbocycles. The molecule has 7 bridgehead atoms. The lowest BCUT2D eigenvalue weighted by Crippen LogP contribution is -2.60. The van der Waals surface area contributed by atoms with E-state index >= 15 is 4.79 Å². The number of hydrogen-bond acceptors (Lipinski definition) is 11. The normalized spacial score (nSPS) is 41.9. The predicted octanol–water partition coefficient (Wildman–Crippen LogP) is 10.6. The van der Waals surface area contributed by atoms with Gasteiger partial charge in [-0.2, -0.15) is 0 Å². The van der Waals surface area contributed by atoms with Crippen molar-refractivity contribution in [3.05, 3.63) is 34.2 Å². The summed E-state index contributed by atoms with van der Waals surface area (Å²) in [6, 6.07) is 3.05. The van der Waals surface area contributed by atoms with Crippen LogP contribution in [0.2, 0.25) is 18.1 Å². The molecule has 0 aromatic rings. The lowest BCUT2D eigenvalue weighted by Gasteiger charge is -2.50. The van der Waals surface area contributed by atoms with E-state index in [2.05, 4.69) is 64.2 Å². The summed E-state index contributed by atoms with van der Waals surface area (Å²) in [6.45, 7) is 20.8. The second-order valence-corrected chi connectivity index (χ2v) is 26.0. The van der Waals surface area contributed by atoms with Gasteiger partial charge in [-0.05, 0) is 118 Å². The molecule has 0 unspecified atom stereocenters. The minimum absolute atomic E-state index is 0.0662. The third-order valence-electron chi connectivity index (χ3n) is 17.1. The molecule has 6 aliphatic heterocycles. The van der Waals surface area contributed by atoms with Crippen molar-refractivity contribution in [1.29, 1.82) is 0 Å². The number of ketones is 1. The van der Waals surface area contributed by atoms with Crippen LogP contribution in [0.1, 0.15) is 151 Å². The molecule has 0 saturated carbocycles. The highest BCUT2D eigenvalue weighted by Gasteiger charge is 2.66. The van der Waals surface area contributed by atoms with E-state index in [1.165, 1.54) is 0 Å². The van der Waals surface area contributed by atoms with Gasteiger partial charge in [-0.3, -0.25) is 4.79 Å². The summed E-state index contributed by atoms with van der Waals surface area (Å²) in [7, 11) is -0.497. The van der Waals surface area contributed by atoms with Crippen LogP contribution in [0.3, 0.4) is 0 Å². The van der Waals surface area contributed by atoms with Crippen LogP contribution in [-0.2, 0) is 42.4 Å². The number of ether oxygens (including phenoxy) is 7. The average molecular weight is 900 g/mol. The number of fused-ring (bicyclic) bond motifs is 7. The topological polar surface area (TPSA) is 160 Å². The predicted molar refractivity (Wildman–Crippen MR) is 243 cm³/mol. The zero-order chi connectivity index (χ0) is 45.3. The van der Waals surface area contributed by atoms with E-state index < -0.39 is 48.9 Å². The van der Waals surface area contributed by atoms with E-state index in [4.69, 9.17) is 37.6 Å². The molecule has 13 nitrogen and oxygen atoms in total. The summed E-state index contributed by atoms with van der Waals surface area (Å²) in [6.07, 6.45) is 11.4. The second-order valence-electron chi connectivity index (χ2n) is 21.3. The molecule has 356 valence electrons. The first-order valence-electron chi connectivity index (χ1n) is 24.8. The number of carbonyl (C=O) groups excluding carboxylic acids is 1. The minimum atomic E-state index is -2.13. The van der Waals surface area contributed by atoms with Crippen LogP contribution >= 0.6 is 0 Å². The van der Waals surface area contributed by atoms with E-state index in [9.17, 15) is 10.6 Å². The number of aliphatic hydroxyl groups is 1. The van der Waals surface area contributed by atoms with Crippen molar-refractivity contribution in [3.8, 4) is 0 Å². The minimum Gasteiger partial charge on any atom is -0.411 e. The van der Waals surface area contributed by atoms with Crippen molar-refractivity contribution in [2.24, 2.45) is 34.2 Å². The molecule has 1 N–H and O–H groups in total. The molecule has 7 aliphatic rings. The van der Waals surface area contributed by atoms with Crippen LogP contribution in [0.15, 0.2) is 28.9 Å². The molecule has 0 aromatic heterocycles. The van der Waals surface area contributed by atoms with Crippen LogP contribution in [-0.4, -0.2) is 99.7 Å². The van der Waals surface area contributed by atoms with Gasteiger partial charge in [-0.15, -0.1) is 0 Å². The SMILES string of the molecule is C=C1CCCC(=O)[C@@]2(C[C@H](C)[C@@H](C)CN=[N+]=[N-])CCC(COCOC)=C[C@@H]2[C@@H]2O[C@]3(C[C@H]4CCC[C@@]5(CC[C@@]6(O[C@@H](CC[C@@]6(C)O)C1)O5)O4)C[C@@H](C)[C@@H](O[Si](CC)(CC)CC)[C@H]2O3. The van der Waals surface area contributed by atoms with Crippen molar-refractivity contribution in [3.63, 3.8) is 0 Å². The number of hydrogen-bond donors (Lipinski definition) is 1. The maximum absolute atomic E-state index is 15.6. The van der Waals surface area contributed by atoms with Crippen molar-refractivity contribution < 1.29 is 47.5 Å². The summed E-state index contributed by atoms with van der Waals surface area (Å²) in [5.41, 5.74) is 9.51. The molecule has 0 radical (unpaired) electrons. The summed E-state index contributed by atoms with van der Waals surface area (Å²) in [4.78, 5) is 18.7. The average Bonchev–Trinajstić information content (AvgIpc) is 3.77. The van der Waals surface area contributed by atoms with Crippen LogP contribution in [0, 0.1) is 29.1 Å². The highest BCUT2D eigenvalue weighted by Crippen LogP contribution is 2.59. The summed E-state index contributed by atoms with van der Waals surface area (Å²) < 4.78 is 55.0. The van der Waals surface area contributed by atoms with Gasteiger partial charge in [0.05, 0.1) is 31.0 Å².